The Balaban J connectivity index is 2.15. The van der Waals surface area contributed by atoms with E-state index >= 15 is 0 Å². The molecule has 0 nitrogen and oxygen atoms in total. The van der Waals surface area contributed by atoms with E-state index in [-0.39, 0.29) is 0 Å². The zero-order chi connectivity index (χ0) is 14.1. The minimum atomic E-state index is 0.581. The molecule has 0 heteroatoms. The van der Waals surface area contributed by atoms with Gasteiger partial charge in [0.2, 0.25) is 0 Å². The molecule has 0 heterocycles. The summed E-state index contributed by atoms with van der Waals surface area (Å²) in [6.07, 6.45) is 13.2. The van der Waals surface area contributed by atoms with Crippen molar-refractivity contribution in [2.45, 2.75) is 92.4 Å². The smallest absolute Gasteiger partial charge is 0.0246 e. The van der Waals surface area contributed by atoms with E-state index < -0.39 is 0 Å². The maximum Gasteiger partial charge on any atom is -0.0246 e. The lowest BCUT2D eigenvalue weighted by molar-refractivity contribution is -0.0137. The second kappa shape index (κ2) is 5.78. The molecule has 2 saturated carbocycles. The van der Waals surface area contributed by atoms with E-state index in [2.05, 4.69) is 34.6 Å². The summed E-state index contributed by atoms with van der Waals surface area (Å²) in [6.45, 7) is 12.4. The van der Waals surface area contributed by atoms with Crippen molar-refractivity contribution in [2.24, 2.45) is 22.7 Å². The standard InChI is InChI=1S/C19H35/c1-6-19(5,17-10-8-7-9-11-17)18(4)13-12-16(14-18)15(2)3/h16-17H,6-14H2,1-5H3. The molecule has 1 radical (unpaired) electrons. The summed E-state index contributed by atoms with van der Waals surface area (Å²) in [5.41, 5.74) is 1.17. The maximum atomic E-state index is 2.64. The molecule has 3 atom stereocenters. The Hall–Kier alpha value is 0. The fourth-order valence-electron chi connectivity index (χ4n) is 5.20. The van der Waals surface area contributed by atoms with Gasteiger partial charge < -0.3 is 0 Å². The molecule has 0 amide bonds. The van der Waals surface area contributed by atoms with Crippen LogP contribution in [0.5, 0.6) is 0 Å². The van der Waals surface area contributed by atoms with Gasteiger partial charge in [0.05, 0.1) is 0 Å². The van der Waals surface area contributed by atoms with Crippen LogP contribution in [0.1, 0.15) is 92.4 Å². The Morgan fingerprint density at radius 3 is 2.21 bits per heavy atom. The highest BCUT2D eigenvalue weighted by atomic mass is 14.6. The molecule has 0 aromatic rings. The molecule has 19 heavy (non-hydrogen) atoms. The highest BCUT2D eigenvalue weighted by Crippen LogP contribution is 2.61. The molecular formula is C19H35. The van der Waals surface area contributed by atoms with Crippen LogP contribution < -0.4 is 0 Å². The zero-order valence-electron chi connectivity index (χ0n) is 14.0. The van der Waals surface area contributed by atoms with Crippen molar-refractivity contribution in [3.63, 3.8) is 0 Å². The summed E-state index contributed by atoms with van der Waals surface area (Å²) in [4.78, 5) is 0. The number of hydrogen-bond donors (Lipinski definition) is 0. The van der Waals surface area contributed by atoms with Gasteiger partial charge in [-0.1, -0.05) is 53.9 Å². The molecule has 2 aliphatic rings. The zero-order valence-corrected chi connectivity index (χ0v) is 14.0. The van der Waals surface area contributed by atoms with Gasteiger partial charge in [0.25, 0.3) is 0 Å². The van der Waals surface area contributed by atoms with Gasteiger partial charge >= 0.3 is 0 Å². The molecular weight excluding hydrogens is 228 g/mol. The first kappa shape index (κ1) is 15.4. The Morgan fingerprint density at radius 1 is 1.11 bits per heavy atom. The minimum Gasteiger partial charge on any atom is -0.0648 e. The monoisotopic (exact) mass is 263 g/mol. The van der Waals surface area contributed by atoms with E-state index in [1.54, 1.807) is 5.92 Å². The average molecular weight is 263 g/mol. The number of rotatable bonds is 4. The lowest BCUT2D eigenvalue weighted by Crippen LogP contribution is -2.42. The summed E-state index contributed by atoms with van der Waals surface area (Å²) in [7, 11) is 0. The molecule has 0 saturated heterocycles. The van der Waals surface area contributed by atoms with Gasteiger partial charge in [-0.05, 0) is 67.1 Å². The van der Waals surface area contributed by atoms with E-state index in [4.69, 9.17) is 0 Å². The Morgan fingerprint density at radius 2 is 1.74 bits per heavy atom. The van der Waals surface area contributed by atoms with Gasteiger partial charge in [0.1, 0.15) is 0 Å². The third-order valence-corrected chi connectivity index (χ3v) is 7.18. The maximum absolute atomic E-state index is 2.64. The molecule has 0 N–H and O–H groups in total. The normalized spacial score (nSPS) is 36.6. The lowest BCUT2D eigenvalue weighted by atomic mass is 9.54. The Labute approximate surface area is 121 Å². The van der Waals surface area contributed by atoms with Crippen molar-refractivity contribution in [1.29, 1.82) is 0 Å². The van der Waals surface area contributed by atoms with Gasteiger partial charge in [-0.3, -0.25) is 0 Å². The summed E-state index contributed by atoms with van der Waals surface area (Å²) in [5.74, 6) is 3.57. The molecule has 0 bridgehead atoms. The van der Waals surface area contributed by atoms with Gasteiger partial charge in [0, 0.05) is 0 Å². The summed E-state index contributed by atoms with van der Waals surface area (Å²) >= 11 is 0. The van der Waals surface area contributed by atoms with E-state index in [9.17, 15) is 0 Å². The van der Waals surface area contributed by atoms with Crippen LogP contribution in [-0.2, 0) is 0 Å². The fraction of sp³-hybridized carbons (Fsp3) is 0.947. The van der Waals surface area contributed by atoms with Crippen LogP contribution in [0.2, 0.25) is 0 Å². The van der Waals surface area contributed by atoms with Crippen molar-refractivity contribution in [3.05, 3.63) is 5.92 Å². The molecule has 0 aromatic heterocycles. The van der Waals surface area contributed by atoms with Crippen molar-refractivity contribution < 1.29 is 0 Å². The van der Waals surface area contributed by atoms with Crippen molar-refractivity contribution in [2.75, 3.05) is 0 Å². The molecule has 2 rings (SSSR count). The molecule has 111 valence electrons. The van der Waals surface area contributed by atoms with E-state index in [1.807, 2.05) is 0 Å². The topological polar surface area (TPSA) is 0 Å². The van der Waals surface area contributed by atoms with E-state index in [0.717, 1.165) is 11.8 Å². The highest BCUT2D eigenvalue weighted by molar-refractivity contribution is 5.05. The van der Waals surface area contributed by atoms with Crippen LogP contribution in [0, 0.1) is 28.6 Å². The Bertz CT molecular complexity index is 286. The molecule has 0 aromatic carbocycles. The van der Waals surface area contributed by atoms with Gasteiger partial charge in [-0.2, -0.15) is 0 Å². The lowest BCUT2D eigenvalue weighted by Gasteiger charge is -2.51. The molecule has 0 aliphatic heterocycles. The predicted octanol–water partition coefficient (Wildman–Crippen LogP) is 6.40. The molecule has 2 aliphatic carbocycles. The van der Waals surface area contributed by atoms with Gasteiger partial charge in [0.15, 0.2) is 0 Å². The van der Waals surface area contributed by atoms with Crippen LogP contribution >= 0.6 is 0 Å². The SMILES string of the molecule is CCC(C)(C1CCCCC1)C1(C)CCC([C](C)C)C1. The Kier molecular flexibility index (Phi) is 4.68. The third-order valence-electron chi connectivity index (χ3n) is 7.18. The average Bonchev–Trinajstić information content (AvgIpc) is 2.83. The predicted molar refractivity (Wildman–Crippen MR) is 85.0 cm³/mol. The van der Waals surface area contributed by atoms with Crippen LogP contribution in [0.3, 0.4) is 0 Å². The quantitative estimate of drug-likeness (QED) is 0.550. The first-order valence-electron chi connectivity index (χ1n) is 8.73. The first-order chi connectivity index (χ1) is 8.93. The van der Waals surface area contributed by atoms with Crippen LogP contribution in [0.25, 0.3) is 0 Å². The summed E-state index contributed by atoms with van der Waals surface area (Å²) in [5, 5.41) is 0. The van der Waals surface area contributed by atoms with E-state index in [1.165, 1.54) is 57.8 Å². The second-order valence-corrected chi connectivity index (χ2v) is 8.18. The minimum absolute atomic E-state index is 0.581. The third kappa shape index (κ3) is 2.74. The van der Waals surface area contributed by atoms with Crippen molar-refractivity contribution in [1.82, 2.24) is 0 Å². The fourth-order valence-corrected chi connectivity index (χ4v) is 5.20. The highest BCUT2D eigenvalue weighted by Gasteiger charge is 2.51. The van der Waals surface area contributed by atoms with Gasteiger partial charge in [-0.15, -0.1) is 0 Å². The van der Waals surface area contributed by atoms with Crippen LogP contribution in [0.15, 0.2) is 0 Å². The molecule has 0 spiro atoms. The van der Waals surface area contributed by atoms with E-state index in [0.29, 0.717) is 10.8 Å². The molecule has 3 unspecified atom stereocenters. The van der Waals surface area contributed by atoms with Crippen molar-refractivity contribution >= 4 is 0 Å². The van der Waals surface area contributed by atoms with Crippen LogP contribution in [0.4, 0.5) is 0 Å². The largest absolute Gasteiger partial charge is 0.0648 e. The number of hydrogen-bond acceptors (Lipinski definition) is 0. The molecule has 2 fully saturated rings. The van der Waals surface area contributed by atoms with Gasteiger partial charge in [-0.25, -0.2) is 0 Å². The summed E-state index contributed by atoms with van der Waals surface area (Å²) < 4.78 is 0. The van der Waals surface area contributed by atoms with Crippen LogP contribution in [-0.4, -0.2) is 0 Å². The first-order valence-corrected chi connectivity index (χ1v) is 8.73. The second-order valence-electron chi connectivity index (χ2n) is 8.18. The van der Waals surface area contributed by atoms with Crippen molar-refractivity contribution in [3.8, 4) is 0 Å². The summed E-state index contributed by atoms with van der Waals surface area (Å²) in [6, 6.07) is 0.